The van der Waals surface area contributed by atoms with Crippen LogP contribution in [0, 0.1) is 11.3 Å². The molecule has 0 heterocycles. The standard InChI is InChI=1S/C8H5Cl2NO2S/c9-7-2-1-6(5-8(7)10)14(12,13)4-3-11/h1-2,5H,4H2. The average molecular weight is 250 g/mol. The first-order valence-electron chi connectivity index (χ1n) is 3.52. The number of nitriles is 1. The smallest absolute Gasteiger partial charge is 0.191 e. The second kappa shape index (κ2) is 4.18. The van der Waals surface area contributed by atoms with E-state index in [1.807, 2.05) is 0 Å². The van der Waals surface area contributed by atoms with E-state index in [1.165, 1.54) is 18.2 Å². The molecule has 0 saturated heterocycles. The summed E-state index contributed by atoms with van der Waals surface area (Å²) < 4.78 is 22.7. The van der Waals surface area contributed by atoms with Crippen molar-refractivity contribution in [2.24, 2.45) is 0 Å². The van der Waals surface area contributed by atoms with Crippen LogP contribution in [0.2, 0.25) is 10.0 Å². The Labute approximate surface area is 91.8 Å². The van der Waals surface area contributed by atoms with Gasteiger partial charge in [0, 0.05) is 0 Å². The Morgan fingerprint density at radius 2 is 1.93 bits per heavy atom. The number of hydrogen-bond donors (Lipinski definition) is 0. The monoisotopic (exact) mass is 249 g/mol. The van der Waals surface area contributed by atoms with Crippen LogP contribution in [0.1, 0.15) is 0 Å². The highest BCUT2D eigenvalue weighted by molar-refractivity contribution is 7.91. The molecule has 0 unspecified atom stereocenters. The van der Waals surface area contributed by atoms with E-state index in [0.717, 1.165) is 0 Å². The first kappa shape index (κ1) is 11.3. The molecule has 1 rings (SSSR count). The van der Waals surface area contributed by atoms with Gasteiger partial charge in [-0.15, -0.1) is 0 Å². The number of benzene rings is 1. The van der Waals surface area contributed by atoms with E-state index in [1.54, 1.807) is 6.07 Å². The molecule has 1 aromatic carbocycles. The van der Waals surface area contributed by atoms with Crippen LogP contribution in [-0.4, -0.2) is 14.2 Å². The molecule has 3 nitrogen and oxygen atoms in total. The largest absolute Gasteiger partial charge is 0.223 e. The molecule has 1 aromatic rings. The first-order chi connectivity index (χ1) is 6.47. The molecule has 0 spiro atoms. The maximum Gasteiger partial charge on any atom is 0.191 e. The normalized spacial score (nSPS) is 10.9. The van der Waals surface area contributed by atoms with Crippen molar-refractivity contribution < 1.29 is 8.42 Å². The Kier molecular flexibility index (Phi) is 3.38. The van der Waals surface area contributed by atoms with E-state index in [-0.39, 0.29) is 14.9 Å². The highest BCUT2D eigenvalue weighted by Gasteiger charge is 2.14. The molecule has 14 heavy (non-hydrogen) atoms. The molecular formula is C8H5Cl2NO2S. The highest BCUT2D eigenvalue weighted by Crippen LogP contribution is 2.25. The Morgan fingerprint density at radius 1 is 1.29 bits per heavy atom. The lowest BCUT2D eigenvalue weighted by atomic mass is 10.4. The fourth-order valence-electron chi connectivity index (χ4n) is 0.839. The van der Waals surface area contributed by atoms with Gasteiger partial charge >= 0.3 is 0 Å². The molecule has 0 amide bonds. The molecule has 0 aliphatic heterocycles. The molecule has 0 aliphatic carbocycles. The molecule has 0 aliphatic rings. The van der Waals surface area contributed by atoms with Crippen LogP contribution in [0.25, 0.3) is 0 Å². The van der Waals surface area contributed by atoms with Crippen molar-refractivity contribution in [3.63, 3.8) is 0 Å². The minimum Gasteiger partial charge on any atom is -0.223 e. The Morgan fingerprint density at radius 3 is 2.43 bits per heavy atom. The second-order valence-electron chi connectivity index (χ2n) is 2.49. The zero-order valence-electron chi connectivity index (χ0n) is 6.87. The lowest BCUT2D eigenvalue weighted by Crippen LogP contribution is -2.04. The summed E-state index contributed by atoms with van der Waals surface area (Å²) in [5.41, 5.74) is 0. The van der Waals surface area contributed by atoms with Gasteiger partial charge in [0.25, 0.3) is 0 Å². The van der Waals surface area contributed by atoms with Gasteiger partial charge < -0.3 is 0 Å². The summed E-state index contributed by atoms with van der Waals surface area (Å²) in [6, 6.07) is 5.51. The third-order valence-electron chi connectivity index (χ3n) is 1.50. The number of hydrogen-bond acceptors (Lipinski definition) is 3. The van der Waals surface area contributed by atoms with E-state index >= 15 is 0 Å². The number of halogens is 2. The number of nitrogens with zero attached hydrogens (tertiary/aromatic N) is 1. The van der Waals surface area contributed by atoms with E-state index in [0.29, 0.717) is 0 Å². The van der Waals surface area contributed by atoms with Gasteiger partial charge in [0.05, 0.1) is 21.0 Å². The van der Waals surface area contributed by atoms with Crippen LogP contribution in [0.4, 0.5) is 0 Å². The third-order valence-corrected chi connectivity index (χ3v) is 3.73. The molecule has 74 valence electrons. The molecule has 0 bridgehead atoms. The van der Waals surface area contributed by atoms with Crippen molar-refractivity contribution in [1.82, 2.24) is 0 Å². The van der Waals surface area contributed by atoms with E-state index in [9.17, 15) is 8.42 Å². The van der Waals surface area contributed by atoms with E-state index in [2.05, 4.69) is 0 Å². The molecule has 0 atom stereocenters. The van der Waals surface area contributed by atoms with Crippen molar-refractivity contribution in [2.75, 3.05) is 5.75 Å². The fraction of sp³-hybridized carbons (Fsp3) is 0.125. The maximum absolute atomic E-state index is 11.4. The van der Waals surface area contributed by atoms with Gasteiger partial charge in [-0.3, -0.25) is 0 Å². The summed E-state index contributed by atoms with van der Waals surface area (Å²) in [6.07, 6.45) is 0. The summed E-state index contributed by atoms with van der Waals surface area (Å²) >= 11 is 11.3. The molecular weight excluding hydrogens is 245 g/mol. The molecule has 0 saturated carbocycles. The van der Waals surface area contributed by atoms with Crippen LogP contribution >= 0.6 is 23.2 Å². The Balaban J connectivity index is 3.23. The zero-order valence-corrected chi connectivity index (χ0v) is 9.20. The molecule has 0 radical (unpaired) electrons. The van der Waals surface area contributed by atoms with Crippen molar-refractivity contribution in [1.29, 1.82) is 5.26 Å². The lowest BCUT2D eigenvalue weighted by Gasteiger charge is -2.01. The molecule has 0 N–H and O–H groups in total. The van der Waals surface area contributed by atoms with Crippen molar-refractivity contribution in [3.8, 4) is 6.07 Å². The predicted octanol–water partition coefficient (Wildman–Crippen LogP) is 2.29. The van der Waals surface area contributed by atoms with Gasteiger partial charge in [0.2, 0.25) is 0 Å². The van der Waals surface area contributed by atoms with Gasteiger partial charge in [-0.1, -0.05) is 23.2 Å². The van der Waals surface area contributed by atoms with Crippen LogP contribution in [0.5, 0.6) is 0 Å². The quantitative estimate of drug-likeness (QED) is 0.809. The van der Waals surface area contributed by atoms with Crippen molar-refractivity contribution >= 4 is 33.0 Å². The van der Waals surface area contributed by atoms with Crippen LogP contribution < -0.4 is 0 Å². The summed E-state index contributed by atoms with van der Waals surface area (Å²) in [5.74, 6) is -0.565. The fourth-order valence-corrected chi connectivity index (χ4v) is 2.11. The SMILES string of the molecule is N#CCS(=O)(=O)c1ccc(Cl)c(Cl)c1. The molecule has 6 heteroatoms. The second-order valence-corrected chi connectivity index (χ2v) is 5.30. The Hall–Kier alpha value is -0.760. The summed E-state index contributed by atoms with van der Waals surface area (Å²) in [4.78, 5) is 0.00782. The number of rotatable bonds is 2. The summed E-state index contributed by atoms with van der Waals surface area (Å²) in [5, 5.41) is 8.74. The molecule has 0 fully saturated rings. The van der Waals surface area contributed by atoms with Crippen LogP contribution in [-0.2, 0) is 9.84 Å². The molecule has 0 aromatic heterocycles. The number of sulfone groups is 1. The van der Waals surface area contributed by atoms with E-state index in [4.69, 9.17) is 28.5 Å². The van der Waals surface area contributed by atoms with Crippen LogP contribution in [0.3, 0.4) is 0 Å². The van der Waals surface area contributed by atoms with E-state index < -0.39 is 15.6 Å². The Bertz CT molecular complexity index is 491. The third kappa shape index (κ3) is 2.38. The van der Waals surface area contributed by atoms with Gasteiger partial charge in [-0.05, 0) is 18.2 Å². The minimum absolute atomic E-state index is 0.00782. The van der Waals surface area contributed by atoms with Crippen LogP contribution in [0.15, 0.2) is 23.1 Å². The highest BCUT2D eigenvalue weighted by atomic mass is 35.5. The van der Waals surface area contributed by atoms with Gasteiger partial charge in [0.15, 0.2) is 9.84 Å². The minimum atomic E-state index is -3.55. The van der Waals surface area contributed by atoms with Crippen molar-refractivity contribution in [3.05, 3.63) is 28.2 Å². The first-order valence-corrected chi connectivity index (χ1v) is 5.93. The van der Waals surface area contributed by atoms with Gasteiger partial charge in [-0.2, -0.15) is 5.26 Å². The van der Waals surface area contributed by atoms with Gasteiger partial charge in [-0.25, -0.2) is 8.42 Å². The maximum atomic E-state index is 11.4. The topological polar surface area (TPSA) is 57.9 Å². The average Bonchev–Trinajstić information content (AvgIpc) is 2.09. The van der Waals surface area contributed by atoms with Crippen molar-refractivity contribution in [2.45, 2.75) is 4.90 Å². The lowest BCUT2D eigenvalue weighted by molar-refractivity contribution is 0.599. The van der Waals surface area contributed by atoms with Gasteiger partial charge in [0.1, 0.15) is 5.75 Å². The summed E-state index contributed by atoms with van der Waals surface area (Å²) in [6.45, 7) is 0. The zero-order chi connectivity index (χ0) is 10.8. The predicted molar refractivity (Wildman–Crippen MR) is 54.1 cm³/mol. The summed E-state index contributed by atoms with van der Waals surface area (Å²) in [7, 11) is -3.55.